The normalized spacial score (nSPS) is 15.5. The second-order valence-corrected chi connectivity index (χ2v) is 8.18. The molecule has 0 aliphatic carbocycles. The number of hydrogen-bond donors (Lipinski definition) is 1. The fourth-order valence-corrected chi connectivity index (χ4v) is 3.84. The fourth-order valence-electron chi connectivity index (χ4n) is 2.93. The summed E-state index contributed by atoms with van der Waals surface area (Å²) in [6.07, 6.45) is 0. The minimum Gasteiger partial charge on any atom is -0.379 e. The molecular formula is C19H28N4O2S. The number of nitrogens with zero attached hydrogens (tertiary/aromatic N) is 3. The van der Waals surface area contributed by atoms with Crippen molar-refractivity contribution in [1.82, 2.24) is 15.2 Å². The molecule has 1 aliphatic rings. The topological polar surface area (TPSA) is 78.2 Å². The zero-order chi connectivity index (χ0) is 19.3. The smallest absolute Gasteiger partial charge is 0.230 e. The van der Waals surface area contributed by atoms with Gasteiger partial charge in [0.2, 0.25) is 5.91 Å². The number of carbonyl (C=O) groups excluding carboxylic acids is 1. The molecule has 7 heteroatoms. The summed E-state index contributed by atoms with van der Waals surface area (Å²) < 4.78 is 5.39. The van der Waals surface area contributed by atoms with E-state index in [9.17, 15) is 10.1 Å². The van der Waals surface area contributed by atoms with Crippen LogP contribution in [0.5, 0.6) is 0 Å². The number of morpholine rings is 1. The van der Waals surface area contributed by atoms with Crippen LogP contribution in [-0.4, -0.2) is 59.9 Å². The zero-order valence-electron chi connectivity index (χ0n) is 16.3. The molecule has 0 atom stereocenters. The highest BCUT2D eigenvalue weighted by molar-refractivity contribution is 8.00. The molecule has 1 aromatic rings. The van der Waals surface area contributed by atoms with E-state index in [1.165, 1.54) is 11.8 Å². The van der Waals surface area contributed by atoms with Gasteiger partial charge in [-0.15, -0.1) is 0 Å². The first kappa shape index (κ1) is 20.7. The summed E-state index contributed by atoms with van der Waals surface area (Å²) in [5.41, 5.74) is 3.33. The van der Waals surface area contributed by atoms with E-state index in [1.54, 1.807) is 0 Å². The van der Waals surface area contributed by atoms with Gasteiger partial charge >= 0.3 is 0 Å². The highest BCUT2D eigenvalue weighted by atomic mass is 32.2. The minimum absolute atomic E-state index is 0.0436. The Labute approximate surface area is 160 Å². The van der Waals surface area contributed by atoms with Gasteiger partial charge in [0.15, 0.2) is 0 Å². The molecule has 1 saturated heterocycles. The molecule has 0 spiro atoms. The minimum atomic E-state index is -0.114. The van der Waals surface area contributed by atoms with E-state index in [2.05, 4.69) is 35.1 Å². The standard InChI is InChI=1S/C19H28N4O2S/c1-13-14(2)16(10-20)18(22-15(13)3)26-11-17(24)21-12-19(4,5)23-6-8-25-9-7-23/h6-9,11-12H2,1-5H3,(H,21,24). The number of carbonyl (C=O) groups is 1. The molecule has 1 amide bonds. The molecule has 0 radical (unpaired) electrons. The third-order valence-corrected chi connectivity index (χ3v) is 5.98. The average Bonchev–Trinajstić information content (AvgIpc) is 2.63. The van der Waals surface area contributed by atoms with Crippen LogP contribution in [0.1, 0.15) is 36.2 Å². The Morgan fingerprint density at radius 1 is 1.31 bits per heavy atom. The Morgan fingerprint density at radius 2 is 1.96 bits per heavy atom. The van der Waals surface area contributed by atoms with Gasteiger partial charge in [-0.3, -0.25) is 9.69 Å². The lowest BCUT2D eigenvalue weighted by atomic mass is 10.0. The van der Waals surface area contributed by atoms with Crippen molar-refractivity contribution in [3.8, 4) is 6.07 Å². The van der Waals surface area contributed by atoms with Crippen LogP contribution < -0.4 is 5.32 Å². The Morgan fingerprint density at radius 3 is 2.58 bits per heavy atom. The molecular weight excluding hydrogens is 348 g/mol. The second-order valence-electron chi connectivity index (χ2n) is 7.22. The summed E-state index contributed by atoms with van der Waals surface area (Å²) in [6, 6.07) is 2.22. The molecule has 0 unspecified atom stereocenters. The zero-order valence-corrected chi connectivity index (χ0v) is 17.1. The summed E-state index contributed by atoms with van der Waals surface area (Å²) in [6.45, 7) is 13.9. The Balaban J connectivity index is 1.92. The van der Waals surface area contributed by atoms with Gasteiger partial charge in [-0.1, -0.05) is 11.8 Å². The molecule has 0 aromatic carbocycles. The summed E-state index contributed by atoms with van der Waals surface area (Å²) in [4.78, 5) is 19.1. The van der Waals surface area contributed by atoms with Crippen molar-refractivity contribution in [1.29, 1.82) is 5.26 Å². The molecule has 0 saturated carbocycles. The Hall–Kier alpha value is -1.62. The quantitative estimate of drug-likeness (QED) is 0.767. The number of rotatable bonds is 6. The number of aryl methyl sites for hydroxylation is 1. The predicted molar refractivity (Wildman–Crippen MR) is 103 cm³/mol. The van der Waals surface area contributed by atoms with E-state index in [0.29, 0.717) is 17.1 Å². The van der Waals surface area contributed by atoms with Crippen molar-refractivity contribution < 1.29 is 9.53 Å². The predicted octanol–water partition coefficient (Wildman–Crippen LogP) is 2.20. The van der Waals surface area contributed by atoms with Crippen LogP contribution in [0.4, 0.5) is 0 Å². The number of ether oxygens (including phenoxy) is 1. The number of thioether (sulfide) groups is 1. The van der Waals surface area contributed by atoms with Crippen LogP contribution in [0.25, 0.3) is 0 Å². The molecule has 6 nitrogen and oxygen atoms in total. The van der Waals surface area contributed by atoms with Gasteiger partial charge in [0.1, 0.15) is 11.1 Å². The first-order valence-electron chi connectivity index (χ1n) is 8.86. The summed E-state index contributed by atoms with van der Waals surface area (Å²) >= 11 is 1.32. The van der Waals surface area contributed by atoms with Crippen LogP contribution in [-0.2, 0) is 9.53 Å². The number of amides is 1. The number of nitrogens with one attached hydrogen (secondary N) is 1. The number of nitriles is 1. The maximum atomic E-state index is 12.3. The summed E-state index contributed by atoms with van der Waals surface area (Å²) in [5.74, 6) is 0.209. The number of pyridine rings is 1. The lowest BCUT2D eigenvalue weighted by molar-refractivity contribution is -0.119. The van der Waals surface area contributed by atoms with E-state index in [0.717, 1.165) is 43.1 Å². The van der Waals surface area contributed by atoms with E-state index >= 15 is 0 Å². The first-order valence-corrected chi connectivity index (χ1v) is 9.85. The molecule has 1 fully saturated rings. The van der Waals surface area contributed by atoms with Gasteiger partial charge in [0.05, 0.1) is 24.5 Å². The Kier molecular flexibility index (Phi) is 7.04. The third kappa shape index (κ3) is 4.97. The van der Waals surface area contributed by atoms with Crippen molar-refractivity contribution in [2.24, 2.45) is 0 Å². The molecule has 1 aliphatic heterocycles. The first-order chi connectivity index (χ1) is 12.3. The van der Waals surface area contributed by atoms with Crippen molar-refractivity contribution in [3.63, 3.8) is 0 Å². The maximum Gasteiger partial charge on any atom is 0.230 e. The third-order valence-electron chi connectivity index (χ3n) is 5.00. The van der Waals surface area contributed by atoms with Crippen LogP contribution in [0.3, 0.4) is 0 Å². The number of hydrogen-bond acceptors (Lipinski definition) is 6. The summed E-state index contributed by atoms with van der Waals surface area (Å²) in [7, 11) is 0. The van der Waals surface area contributed by atoms with Crippen molar-refractivity contribution in [2.45, 2.75) is 45.2 Å². The van der Waals surface area contributed by atoms with E-state index in [4.69, 9.17) is 4.74 Å². The second kappa shape index (κ2) is 8.85. The molecule has 2 heterocycles. The highest BCUT2D eigenvalue weighted by Gasteiger charge is 2.28. The average molecular weight is 377 g/mol. The molecule has 0 bridgehead atoms. The van der Waals surface area contributed by atoms with Crippen LogP contribution in [0.15, 0.2) is 5.03 Å². The van der Waals surface area contributed by atoms with Crippen molar-refractivity contribution >= 4 is 17.7 Å². The van der Waals surface area contributed by atoms with Gasteiger partial charge in [-0.05, 0) is 45.7 Å². The highest BCUT2D eigenvalue weighted by Crippen LogP contribution is 2.26. The van der Waals surface area contributed by atoms with Crippen LogP contribution in [0, 0.1) is 32.1 Å². The van der Waals surface area contributed by atoms with Gasteiger partial charge in [0.25, 0.3) is 0 Å². The number of aromatic nitrogens is 1. The molecule has 1 N–H and O–H groups in total. The molecule has 26 heavy (non-hydrogen) atoms. The van der Waals surface area contributed by atoms with E-state index in [1.807, 2.05) is 20.8 Å². The lowest BCUT2D eigenvalue weighted by Crippen LogP contribution is -2.55. The SMILES string of the molecule is Cc1nc(SCC(=O)NCC(C)(C)N2CCOCC2)c(C#N)c(C)c1C. The van der Waals surface area contributed by atoms with Gasteiger partial charge in [-0.2, -0.15) is 5.26 Å². The van der Waals surface area contributed by atoms with Crippen LogP contribution in [0.2, 0.25) is 0 Å². The monoisotopic (exact) mass is 376 g/mol. The van der Waals surface area contributed by atoms with Crippen LogP contribution >= 0.6 is 11.8 Å². The maximum absolute atomic E-state index is 12.3. The van der Waals surface area contributed by atoms with Gasteiger partial charge in [0, 0.05) is 30.9 Å². The van der Waals surface area contributed by atoms with Gasteiger partial charge in [-0.25, -0.2) is 4.98 Å². The lowest BCUT2D eigenvalue weighted by Gasteiger charge is -2.40. The van der Waals surface area contributed by atoms with E-state index < -0.39 is 0 Å². The Bertz CT molecular complexity index is 706. The summed E-state index contributed by atoms with van der Waals surface area (Å²) in [5, 5.41) is 13.1. The molecule has 1 aromatic heterocycles. The molecule has 142 valence electrons. The molecule has 2 rings (SSSR count). The van der Waals surface area contributed by atoms with Gasteiger partial charge < -0.3 is 10.1 Å². The largest absolute Gasteiger partial charge is 0.379 e. The van der Waals surface area contributed by atoms with Crippen molar-refractivity contribution in [3.05, 3.63) is 22.4 Å². The van der Waals surface area contributed by atoms with E-state index in [-0.39, 0.29) is 17.2 Å². The van der Waals surface area contributed by atoms with Crippen molar-refractivity contribution in [2.75, 3.05) is 38.6 Å². The fraction of sp³-hybridized carbons (Fsp3) is 0.632.